The number of carboxylic acid groups (broad SMARTS) is 1. The fraction of sp³-hybridized carbons (Fsp3) is 0.111. The topological polar surface area (TPSA) is 75.6 Å². The quantitative estimate of drug-likeness (QED) is 0.821. The zero-order valence-electron chi connectivity index (χ0n) is 7.87. The van der Waals surface area contributed by atoms with Crippen molar-refractivity contribution in [1.82, 2.24) is 5.48 Å². The van der Waals surface area contributed by atoms with Gasteiger partial charge in [-0.25, -0.2) is 14.7 Å². The summed E-state index contributed by atoms with van der Waals surface area (Å²) in [5.41, 5.74) is 1.59. The SMILES string of the molecule is O=C(O)CONC(=O)c1ccc(Br)cc1F. The van der Waals surface area contributed by atoms with Gasteiger partial charge in [-0.15, -0.1) is 0 Å². The van der Waals surface area contributed by atoms with E-state index in [1.807, 2.05) is 5.48 Å². The monoisotopic (exact) mass is 291 g/mol. The molecule has 0 saturated heterocycles. The number of hydrogen-bond acceptors (Lipinski definition) is 3. The molecule has 1 aromatic rings. The third-order valence-electron chi connectivity index (χ3n) is 1.54. The molecule has 0 aliphatic rings. The van der Waals surface area contributed by atoms with Crippen molar-refractivity contribution >= 4 is 27.8 Å². The van der Waals surface area contributed by atoms with Gasteiger partial charge < -0.3 is 5.11 Å². The van der Waals surface area contributed by atoms with Gasteiger partial charge in [0.05, 0.1) is 5.56 Å². The first-order valence-corrected chi connectivity index (χ1v) is 4.89. The molecule has 1 amide bonds. The minimum absolute atomic E-state index is 0.228. The third-order valence-corrected chi connectivity index (χ3v) is 2.03. The fourth-order valence-electron chi connectivity index (χ4n) is 0.892. The predicted octanol–water partition coefficient (Wildman–Crippen LogP) is 1.33. The van der Waals surface area contributed by atoms with Crippen LogP contribution in [0.2, 0.25) is 0 Å². The summed E-state index contributed by atoms with van der Waals surface area (Å²) >= 11 is 3.04. The van der Waals surface area contributed by atoms with Crippen molar-refractivity contribution < 1.29 is 23.9 Å². The van der Waals surface area contributed by atoms with E-state index in [4.69, 9.17) is 5.11 Å². The molecule has 1 aromatic carbocycles. The molecule has 0 unspecified atom stereocenters. The van der Waals surface area contributed by atoms with Crippen molar-refractivity contribution in [3.05, 3.63) is 34.1 Å². The largest absolute Gasteiger partial charge is 0.479 e. The lowest BCUT2D eigenvalue weighted by atomic mass is 10.2. The van der Waals surface area contributed by atoms with Crippen LogP contribution in [-0.4, -0.2) is 23.6 Å². The molecular formula is C9H7BrFNO4. The second-order valence-electron chi connectivity index (χ2n) is 2.74. The maximum atomic E-state index is 13.2. The van der Waals surface area contributed by atoms with Gasteiger partial charge in [-0.2, -0.15) is 0 Å². The smallest absolute Gasteiger partial charge is 0.332 e. The summed E-state index contributed by atoms with van der Waals surface area (Å²) < 4.78 is 13.7. The fourth-order valence-corrected chi connectivity index (χ4v) is 1.23. The van der Waals surface area contributed by atoms with Crippen molar-refractivity contribution in [2.45, 2.75) is 0 Å². The highest BCUT2D eigenvalue weighted by Gasteiger charge is 2.12. The van der Waals surface area contributed by atoms with Crippen LogP contribution >= 0.6 is 15.9 Å². The van der Waals surface area contributed by atoms with Crippen LogP contribution in [0.25, 0.3) is 0 Å². The molecule has 7 heteroatoms. The molecule has 1 rings (SSSR count). The van der Waals surface area contributed by atoms with Crippen LogP contribution in [0.4, 0.5) is 4.39 Å². The molecule has 86 valence electrons. The Kier molecular flexibility index (Phi) is 4.39. The maximum Gasteiger partial charge on any atom is 0.332 e. The summed E-state index contributed by atoms with van der Waals surface area (Å²) in [5, 5.41) is 8.23. The molecule has 0 atom stereocenters. The lowest BCUT2D eigenvalue weighted by molar-refractivity contribution is -0.144. The van der Waals surface area contributed by atoms with Crippen molar-refractivity contribution in [3.63, 3.8) is 0 Å². The van der Waals surface area contributed by atoms with Gasteiger partial charge in [0.25, 0.3) is 5.91 Å². The number of carbonyl (C=O) groups excluding carboxylic acids is 1. The summed E-state index contributed by atoms with van der Waals surface area (Å²) in [6, 6.07) is 3.85. The number of aliphatic carboxylic acids is 1. The summed E-state index contributed by atoms with van der Waals surface area (Å²) in [5.74, 6) is -2.81. The number of nitrogens with one attached hydrogen (secondary N) is 1. The first-order valence-electron chi connectivity index (χ1n) is 4.09. The number of benzene rings is 1. The van der Waals surface area contributed by atoms with Gasteiger partial charge in [-0.3, -0.25) is 9.63 Å². The number of amides is 1. The summed E-state index contributed by atoms with van der Waals surface area (Å²) in [7, 11) is 0. The Morgan fingerprint density at radius 3 is 2.75 bits per heavy atom. The number of hydroxylamine groups is 1. The average molecular weight is 292 g/mol. The van der Waals surface area contributed by atoms with E-state index in [2.05, 4.69) is 20.8 Å². The second kappa shape index (κ2) is 5.57. The third kappa shape index (κ3) is 3.59. The molecule has 0 spiro atoms. The Labute approximate surface area is 98.3 Å². The van der Waals surface area contributed by atoms with Gasteiger partial charge >= 0.3 is 5.97 Å². The molecule has 5 nitrogen and oxygen atoms in total. The van der Waals surface area contributed by atoms with Crippen LogP contribution < -0.4 is 5.48 Å². The number of rotatable bonds is 4. The highest BCUT2D eigenvalue weighted by Crippen LogP contribution is 2.14. The Balaban J connectivity index is 2.63. The lowest BCUT2D eigenvalue weighted by Gasteiger charge is -2.04. The maximum absolute atomic E-state index is 13.2. The van der Waals surface area contributed by atoms with Crippen LogP contribution in [-0.2, 0) is 9.63 Å². The summed E-state index contributed by atoms with van der Waals surface area (Å²) in [6.07, 6.45) is 0. The first-order chi connectivity index (χ1) is 7.50. The molecule has 0 saturated carbocycles. The summed E-state index contributed by atoms with van der Waals surface area (Å²) in [4.78, 5) is 25.7. The van der Waals surface area contributed by atoms with E-state index in [0.717, 1.165) is 6.07 Å². The van der Waals surface area contributed by atoms with Gasteiger partial charge in [0.1, 0.15) is 5.82 Å². The molecule has 0 aliphatic heterocycles. The molecule has 0 bridgehead atoms. The first kappa shape index (κ1) is 12.6. The number of halogens is 2. The average Bonchev–Trinajstić information content (AvgIpc) is 2.16. The molecule has 0 heterocycles. The zero-order chi connectivity index (χ0) is 12.1. The van der Waals surface area contributed by atoms with E-state index in [1.165, 1.54) is 12.1 Å². The van der Waals surface area contributed by atoms with Gasteiger partial charge in [0.2, 0.25) is 0 Å². The molecule has 2 N–H and O–H groups in total. The second-order valence-corrected chi connectivity index (χ2v) is 3.65. The number of hydrogen-bond donors (Lipinski definition) is 2. The van der Waals surface area contributed by atoms with E-state index in [1.54, 1.807) is 0 Å². The van der Waals surface area contributed by atoms with Gasteiger partial charge in [-0.05, 0) is 18.2 Å². The summed E-state index contributed by atoms with van der Waals surface area (Å²) in [6.45, 7) is -0.691. The molecule has 16 heavy (non-hydrogen) atoms. The minimum atomic E-state index is -1.24. The standard InChI is InChI=1S/C9H7BrFNO4/c10-5-1-2-6(7(11)3-5)9(15)12-16-4-8(13)14/h1-3H,4H2,(H,12,15)(H,13,14). The Bertz CT molecular complexity index is 424. The van der Waals surface area contributed by atoms with E-state index >= 15 is 0 Å². The normalized spacial score (nSPS) is 9.88. The van der Waals surface area contributed by atoms with Crippen LogP contribution in [0.15, 0.2) is 22.7 Å². The van der Waals surface area contributed by atoms with E-state index in [0.29, 0.717) is 4.47 Å². The highest BCUT2D eigenvalue weighted by atomic mass is 79.9. The molecular weight excluding hydrogens is 285 g/mol. The number of carbonyl (C=O) groups is 2. The van der Waals surface area contributed by atoms with Crippen LogP contribution in [0.3, 0.4) is 0 Å². The van der Waals surface area contributed by atoms with E-state index in [-0.39, 0.29) is 5.56 Å². The zero-order valence-corrected chi connectivity index (χ0v) is 9.45. The van der Waals surface area contributed by atoms with Crippen molar-refractivity contribution in [2.24, 2.45) is 0 Å². The molecule has 0 fully saturated rings. The number of carboxylic acids is 1. The van der Waals surface area contributed by atoms with Crippen LogP contribution in [0.1, 0.15) is 10.4 Å². The minimum Gasteiger partial charge on any atom is -0.479 e. The van der Waals surface area contributed by atoms with E-state index in [9.17, 15) is 14.0 Å². The van der Waals surface area contributed by atoms with Crippen molar-refractivity contribution in [1.29, 1.82) is 0 Å². The Morgan fingerprint density at radius 1 is 1.50 bits per heavy atom. The van der Waals surface area contributed by atoms with Crippen LogP contribution in [0.5, 0.6) is 0 Å². The lowest BCUT2D eigenvalue weighted by Crippen LogP contribution is -2.27. The predicted molar refractivity (Wildman–Crippen MR) is 55.2 cm³/mol. The molecule has 0 aromatic heterocycles. The Hall–Kier alpha value is -1.47. The van der Waals surface area contributed by atoms with Crippen LogP contribution in [0, 0.1) is 5.82 Å². The van der Waals surface area contributed by atoms with Gasteiger partial charge in [-0.1, -0.05) is 15.9 Å². The van der Waals surface area contributed by atoms with Crippen molar-refractivity contribution in [3.8, 4) is 0 Å². The Morgan fingerprint density at radius 2 is 2.19 bits per heavy atom. The highest BCUT2D eigenvalue weighted by molar-refractivity contribution is 9.10. The molecule has 0 aliphatic carbocycles. The van der Waals surface area contributed by atoms with Gasteiger partial charge in [0, 0.05) is 4.47 Å². The van der Waals surface area contributed by atoms with Crippen molar-refractivity contribution in [2.75, 3.05) is 6.61 Å². The van der Waals surface area contributed by atoms with Gasteiger partial charge in [0.15, 0.2) is 6.61 Å². The van der Waals surface area contributed by atoms with E-state index < -0.39 is 24.3 Å². The molecule has 0 radical (unpaired) electrons.